The third kappa shape index (κ3) is 1.52. The van der Waals surface area contributed by atoms with E-state index in [1.165, 1.54) is 17.1 Å². The van der Waals surface area contributed by atoms with Crippen molar-refractivity contribution in [2.45, 2.75) is 30.1 Å². The van der Waals surface area contributed by atoms with Crippen LogP contribution in [0.1, 0.15) is 6.04 Å². The highest BCUT2D eigenvalue weighted by atomic mass is 35.5. The normalized spacial score (nSPS) is 43.3. The van der Waals surface area contributed by atoms with E-state index in [4.69, 9.17) is 26.8 Å². The topological polar surface area (TPSA) is 103 Å². The number of halogens is 1. The van der Waals surface area contributed by atoms with E-state index in [1.807, 2.05) is 0 Å². The Bertz CT molecular complexity index is 456. The van der Waals surface area contributed by atoms with Gasteiger partial charge in [0.2, 0.25) is 0 Å². The summed E-state index contributed by atoms with van der Waals surface area (Å²) in [5.41, 5.74) is 4.57. The number of hydrogen-bond acceptors (Lipinski definition) is 6. The van der Waals surface area contributed by atoms with Crippen LogP contribution >= 0.6 is 11.6 Å². The van der Waals surface area contributed by atoms with Gasteiger partial charge in [0.25, 0.3) is 0 Å². The zero-order valence-electron chi connectivity index (χ0n) is 9.44. The number of aliphatic hydroxyl groups is 2. The van der Waals surface area contributed by atoms with Crippen LogP contribution in [-0.2, 0) is 9.47 Å². The molecule has 0 radical (unpaired) electrons. The molecule has 7 nitrogen and oxygen atoms in total. The lowest BCUT2D eigenvalue weighted by atomic mass is 9.88. The predicted octanol–water partition coefficient (Wildman–Crippen LogP) is -1.12. The van der Waals surface area contributed by atoms with Gasteiger partial charge >= 0.3 is 0 Å². The lowest BCUT2D eigenvalue weighted by Gasteiger charge is -2.42. The molecule has 3 rings (SSSR count). The molecule has 18 heavy (non-hydrogen) atoms. The zero-order chi connectivity index (χ0) is 12.9. The quantitative estimate of drug-likeness (QED) is 0.632. The predicted molar refractivity (Wildman–Crippen MR) is 60.9 cm³/mol. The number of aromatic nitrogens is 2. The summed E-state index contributed by atoms with van der Waals surface area (Å²) in [7, 11) is 0. The molecule has 3 heterocycles. The van der Waals surface area contributed by atoms with Crippen LogP contribution in [0, 0.1) is 0 Å². The average molecular weight is 276 g/mol. The lowest BCUT2D eigenvalue weighted by molar-refractivity contribution is -0.231. The molecular formula is C10H14ClN3O4. The molecular weight excluding hydrogens is 262 g/mol. The maximum absolute atomic E-state index is 10.2. The van der Waals surface area contributed by atoms with E-state index in [0.29, 0.717) is 5.15 Å². The Morgan fingerprint density at radius 1 is 1.61 bits per heavy atom. The number of imidazole rings is 1. The summed E-state index contributed by atoms with van der Waals surface area (Å²) >= 11 is 5.96. The van der Waals surface area contributed by atoms with Crippen LogP contribution in [0.3, 0.4) is 0 Å². The van der Waals surface area contributed by atoms with Crippen molar-refractivity contribution in [2.24, 2.45) is 5.73 Å². The Labute approximate surface area is 108 Å². The minimum atomic E-state index is -1.13. The highest BCUT2D eigenvalue weighted by Gasteiger charge is 2.59. The Hall–Kier alpha value is -0.700. The SMILES string of the molecule is NC[C@@]12COC(O1)[C@H](n1cncc1Cl)[C@@H](O)[C@H]2O. The number of fused-ring (bicyclic) bond motifs is 2. The van der Waals surface area contributed by atoms with E-state index in [2.05, 4.69) is 4.98 Å². The van der Waals surface area contributed by atoms with E-state index >= 15 is 0 Å². The molecule has 2 fully saturated rings. The Kier molecular flexibility index (Phi) is 2.85. The molecule has 0 aliphatic carbocycles. The van der Waals surface area contributed by atoms with E-state index in [1.54, 1.807) is 0 Å². The van der Waals surface area contributed by atoms with E-state index in [0.717, 1.165) is 0 Å². The van der Waals surface area contributed by atoms with Gasteiger partial charge in [-0.15, -0.1) is 0 Å². The van der Waals surface area contributed by atoms with E-state index < -0.39 is 30.1 Å². The van der Waals surface area contributed by atoms with Crippen molar-refractivity contribution in [1.29, 1.82) is 0 Å². The zero-order valence-corrected chi connectivity index (χ0v) is 10.2. The Morgan fingerprint density at radius 2 is 2.39 bits per heavy atom. The molecule has 2 saturated heterocycles. The summed E-state index contributed by atoms with van der Waals surface area (Å²) in [4.78, 5) is 3.88. The standard InChI is InChI=1S/C10H14ClN3O4/c11-5-1-13-4-14(5)6-7(15)8(16)10(2-12)3-17-9(6)18-10/h1,4,6-9,15-16H,2-3,12H2/t6-,7-,8-,9?,10+/m1/s1. The second-order valence-corrected chi connectivity index (χ2v) is 5.00. The molecule has 5 atom stereocenters. The molecule has 2 aliphatic rings. The molecule has 0 saturated carbocycles. The molecule has 1 unspecified atom stereocenters. The number of aliphatic hydroxyl groups excluding tert-OH is 2. The first-order valence-corrected chi connectivity index (χ1v) is 6.00. The van der Waals surface area contributed by atoms with Crippen LogP contribution in [0.4, 0.5) is 0 Å². The maximum atomic E-state index is 10.2. The average Bonchev–Trinajstić information content (AvgIpc) is 2.95. The van der Waals surface area contributed by atoms with Gasteiger partial charge in [-0.05, 0) is 0 Å². The van der Waals surface area contributed by atoms with Crippen molar-refractivity contribution in [3.05, 3.63) is 17.7 Å². The second kappa shape index (κ2) is 4.16. The number of nitrogens with two attached hydrogens (primary N) is 1. The molecule has 0 spiro atoms. The van der Waals surface area contributed by atoms with Crippen LogP contribution < -0.4 is 5.73 Å². The summed E-state index contributed by atoms with van der Waals surface area (Å²) in [6, 6.07) is -0.642. The molecule has 4 N–H and O–H groups in total. The van der Waals surface area contributed by atoms with Gasteiger partial charge < -0.3 is 30.0 Å². The molecule has 2 bridgehead atoms. The molecule has 2 aliphatic heterocycles. The maximum Gasteiger partial charge on any atom is 0.182 e. The fraction of sp³-hybridized carbons (Fsp3) is 0.700. The third-order valence-electron chi connectivity index (χ3n) is 3.62. The molecule has 0 amide bonds. The van der Waals surface area contributed by atoms with Gasteiger partial charge in [-0.1, -0.05) is 11.6 Å². The fourth-order valence-electron chi connectivity index (χ4n) is 2.54. The molecule has 1 aromatic rings. The van der Waals surface area contributed by atoms with Gasteiger partial charge in [-0.2, -0.15) is 0 Å². The van der Waals surface area contributed by atoms with Crippen LogP contribution in [0.5, 0.6) is 0 Å². The van der Waals surface area contributed by atoms with Crippen LogP contribution in [-0.4, -0.2) is 57.0 Å². The number of hydrogen-bond donors (Lipinski definition) is 3. The summed E-state index contributed by atoms with van der Waals surface area (Å²) < 4.78 is 12.6. The largest absolute Gasteiger partial charge is 0.388 e. The van der Waals surface area contributed by atoms with Gasteiger partial charge in [0, 0.05) is 6.54 Å². The summed E-state index contributed by atoms with van der Waals surface area (Å²) in [6.45, 7) is 0.224. The lowest BCUT2D eigenvalue weighted by Crippen LogP contribution is -2.61. The first kappa shape index (κ1) is 12.3. The second-order valence-electron chi connectivity index (χ2n) is 4.62. The van der Waals surface area contributed by atoms with Gasteiger partial charge in [-0.25, -0.2) is 4.98 Å². The Balaban J connectivity index is 1.97. The van der Waals surface area contributed by atoms with Crippen molar-refractivity contribution in [3.63, 3.8) is 0 Å². The number of nitrogens with zero attached hydrogens (tertiary/aromatic N) is 2. The van der Waals surface area contributed by atoms with Crippen LogP contribution in [0.2, 0.25) is 5.15 Å². The monoisotopic (exact) mass is 275 g/mol. The van der Waals surface area contributed by atoms with Crippen molar-refractivity contribution in [3.8, 4) is 0 Å². The first-order chi connectivity index (χ1) is 8.59. The number of rotatable bonds is 2. The van der Waals surface area contributed by atoms with Crippen molar-refractivity contribution in [2.75, 3.05) is 13.2 Å². The van der Waals surface area contributed by atoms with Gasteiger partial charge in [0.1, 0.15) is 29.0 Å². The highest BCUT2D eigenvalue weighted by molar-refractivity contribution is 6.29. The molecule has 8 heteroatoms. The minimum absolute atomic E-state index is 0.0755. The minimum Gasteiger partial charge on any atom is -0.388 e. The Morgan fingerprint density at radius 3 is 3.00 bits per heavy atom. The van der Waals surface area contributed by atoms with Gasteiger partial charge in [0.05, 0.1) is 19.1 Å². The molecule has 1 aromatic heterocycles. The van der Waals surface area contributed by atoms with E-state index in [9.17, 15) is 10.2 Å². The van der Waals surface area contributed by atoms with Gasteiger partial charge in [-0.3, -0.25) is 0 Å². The third-order valence-corrected chi connectivity index (χ3v) is 3.91. The summed E-state index contributed by atoms with van der Waals surface area (Å²) in [5, 5.41) is 20.7. The fourth-order valence-corrected chi connectivity index (χ4v) is 2.75. The van der Waals surface area contributed by atoms with Crippen molar-refractivity contribution < 1.29 is 19.7 Å². The smallest absolute Gasteiger partial charge is 0.182 e. The summed E-state index contributed by atoms with van der Waals surface area (Å²) in [6.07, 6.45) is -0.00559. The first-order valence-electron chi connectivity index (χ1n) is 5.62. The van der Waals surface area contributed by atoms with E-state index in [-0.39, 0.29) is 13.2 Å². The molecule has 100 valence electrons. The molecule has 0 aromatic carbocycles. The highest BCUT2D eigenvalue weighted by Crippen LogP contribution is 2.42. The number of ether oxygens (including phenoxy) is 2. The van der Waals surface area contributed by atoms with Crippen LogP contribution in [0.15, 0.2) is 12.5 Å². The van der Waals surface area contributed by atoms with Gasteiger partial charge in [0.15, 0.2) is 6.29 Å². The summed E-state index contributed by atoms with van der Waals surface area (Å²) in [5.74, 6) is 0. The van der Waals surface area contributed by atoms with Crippen LogP contribution in [0.25, 0.3) is 0 Å². The van der Waals surface area contributed by atoms with Crippen molar-refractivity contribution in [1.82, 2.24) is 9.55 Å². The van der Waals surface area contributed by atoms with Crippen molar-refractivity contribution >= 4 is 11.6 Å².